The maximum Gasteiger partial charge on any atom is 0.360 e. The molecule has 1 aromatic carbocycles. The molecule has 0 unspecified atom stereocenters. The molecule has 2 heterocycles. The number of nitrogens with two attached hydrogens (primary N) is 1. The smallest absolute Gasteiger partial charge is 0.360 e. The highest BCUT2D eigenvalue weighted by Crippen LogP contribution is 2.30. The molecule has 0 fully saturated rings. The van der Waals surface area contributed by atoms with Crippen molar-refractivity contribution in [1.82, 2.24) is 25.3 Å². The summed E-state index contributed by atoms with van der Waals surface area (Å²) in [6.45, 7) is 0.496. The Bertz CT molecular complexity index is 1060. The normalized spacial score (nSPS) is 11.0. The zero-order chi connectivity index (χ0) is 21.3. The minimum Gasteiger partial charge on any atom is -0.481 e. The number of benzene rings is 1. The molecule has 0 saturated heterocycles. The molecule has 2 N–H and O–H groups in total. The second-order valence-electron chi connectivity index (χ2n) is 5.18. The number of anilines is 1. The molecule has 10 nitrogen and oxygen atoms in total. The van der Waals surface area contributed by atoms with Crippen LogP contribution in [0.15, 0.2) is 4.63 Å². The zero-order valence-corrected chi connectivity index (χ0v) is 14.3. The molecule has 3 aromatic rings. The molecular weight excluding hydrogens is 411 g/mol. The third kappa shape index (κ3) is 3.41. The third-order valence-electron chi connectivity index (χ3n) is 3.45. The molecule has 0 spiro atoms. The van der Waals surface area contributed by atoms with Crippen LogP contribution in [0.1, 0.15) is 23.1 Å². The Morgan fingerprint density at radius 1 is 1.07 bits per heavy atom. The van der Waals surface area contributed by atoms with Crippen molar-refractivity contribution < 1.29 is 40.8 Å². The van der Waals surface area contributed by atoms with Gasteiger partial charge < -0.3 is 15.2 Å². The lowest BCUT2D eigenvalue weighted by Gasteiger charge is -2.11. The van der Waals surface area contributed by atoms with Crippen LogP contribution in [0, 0.1) is 29.1 Å². The first kappa shape index (κ1) is 20.0. The zero-order valence-electron chi connectivity index (χ0n) is 14.3. The van der Waals surface area contributed by atoms with E-state index < -0.39 is 53.1 Å². The summed E-state index contributed by atoms with van der Waals surface area (Å²) in [5.74, 6) is -14.3. The minimum absolute atomic E-state index is 0.0582. The van der Waals surface area contributed by atoms with Gasteiger partial charge in [0.1, 0.15) is 12.3 Å². The fraction of sp³-hybridized carbons (Fsp3) is 0.214. The van der Waals surface area contributed by atoms with Gasteiger partial charge in [-0.3, -0.25) is 0 Å². The first-order chi connectivity index (χ1) is 13.8. The van der Waals surface area contributed by atoms with Gasteiger partial charge >= 0.3 is 5.97 Å². The molecule has 2 aromatic heterocycles. The van der Waals surface area contributed by atoms with Crippen LogP contribution in [-0.4, -0.2) is 37.9 Å². The average Bonchev–Trinajstić information content (AvgIpc) is 3.30. The number of nitrogens with zero attached hydrogens (tertiary/aromatic N) is 5. The molecular formula is C14H9F5N6O4. The van der Waals surface area contributed by atoms with Crippen molar-refractivity contribution in [2.75, 3.05) is 12.3 Å². The fourth-order valence-corrected chi connectivity index (χ4v) is 2.15. The molecule has 0 saturated carbocycles. The Kier molecular flexibility index (Phi) is 5.29. The molecule has 0 aliphatic rings. The van der Waals surface area contributed by atoms with Crippen LogP contribution in [0.5, 0.6) is 5.75 Å². The summed E-state index contributed by atoms with van der Waals surface area (Å²) in [4.78, 5) is 12.0. The number of rotatable bonds is 6. The lowest BCUT2D eigenvalue weighted by molar-refractivity contribution is 0.0516. The molecule has 0 radical (unpaired) electrons. The number of esters is 1. The Labute approximate surface area is 156 Å². The van der Waals surface area contributed by atoms with Crippen LogP contribution in [0.2, 0.25) is 0 Å². The SMILES string of the molecule is CCOC(=O)c1nnn(-c2nonc2N)c1COc1c(F)c(F)c(F)c(F)c1F. The number of aromatic nitrogens is 5. The number of carbonyl (C=O) groups is 1. The van der Waals surface area contributed by atoms with Crippen molar-refractivity contribution in [2.45, 2.75) is 13.5 Å². The Balaban J connectivity index is 2.04. The monoisotopic (exact) mass is 420 g/mol. The number of nitrogen functional groups attached to an aromatic ring is 1. The van der Waals surface area contributed by atoms with Gasteiger partial charge in [-0.05, 0) is 17.2 Å². The summed E-state index contributed by atoms with van der Waals surface area (Å²) in [6.07, 6.45) is 0. The van der Waals surface area contributed by atoms with Crippen molar-refractivity contribution in [3.63, 3.8) is 0 Å². The quantitative estimate of drug-likeness (QED) is 0.274. The summed E-state index contributed by atoms with van der Waals surface area (Å²) in [5.41, 5.74) is 4.70. The second-order valence-corrected chi connectivity index (χ2v) is 5.18. The van der Waals surface area contributed by atoms with E-state index in [1.165, 1.54) is 6.92 Å². The van der Waals surface area contributed by atoms with Gasteiger partial charge in [-0.25, -0.2) is 22.6 Å². The van der Waals surface area contributed by atoms with Crippen molar-refractivity contribution in [2.24, 2.45) is 0 Å². The topological polar surface area (TPSA) is 131 Å². The Hall–Kier alpha value is -3.78. The second kappa shape index (κ2) is 7.69. The minimum atomic E-state index is -2.35. The highest BCUT2D eigenvalue weighted by molar-refractivity contribution is 5.88. The maximum atomic E-state index is 13.8. The van der Waals surface area contributed by atoms with Crippen molar-refractivity contribution in [3.05, 3.63) is 40.5 Å². The van der Waals surface area contributed by atoms with Gasteiger partial charge in [-0.1, -0.05) is 5.21 Å². The largest absolute Gasteiger partial charge is 0.481 e. The van der Waals surface area contributed by atoms with Gasteiger partial charge in [0.2, 0.25) is 40.7 Å². The summed E-state index contributed by atoms with van der Waals surface area (Å²) < 4.78 is 82.1. The highest BCUT2D eigenvalue weighted by Gasteiger charge is 2.29. The Morgan fingerprint density at radius 2 is 1.69 bits per heavy atom. The number of ether oxygens (including phenoxy) is 2. The van der Waals surface area contributed by atoms with Crippen LogP contribution in [-0.2, 0) is 11.3 Å². The predicted octanol–water partition coefficient (Wildman–Crippen LogP) is 1.68. The maximum absolute atomic E-state index is 13.8. The van der Waals surface area contributed by atoms with Gasteiger partial charge in [0.15, 0.2) is 11.4 Å². The molecule has 0 atom stereocenters. The van der Waals surface area contributed by atoms with E-state index in [0.29, 0.717) is 0 Å². The summed E-state index contributed by atoms with van der Waals surface area (Å²) in [5, 5.41) is 13.8. The van der Waals surface area contributed by atoms with Crippen molar-refractivity contribution in [3.8, 4) is 11.6 Å². The summed E-state index contributed by atoms with van der Waals surface area (Å²) >= 11 is 0. The number of hydrogen-bond acceptors (Lipinski definition) is 9. The van der Waals surface area contributed by atoms with E-state index in [4.69, 9.17) is 15.2 Å². The van der Waals surface area contributed by atoms with Crippen LogP contribution in [0.25, 0.3) is 5.82 Å². The lowest BCUT2D eigenvalue weighted by atomic mass is 10.2. The fourth-order valence-electron chi connectivity index (χ4n) is 2.15. The van der Waals surface area contributed by atoms with E-state index in [-0.39, 0.29) is 23.9 Å². The molecule has 15 heteroatoms. The predicted molar refractivity (Wildman–Crippen MR) is 80.1 cm³/mol. The number of carbonyl (C=O) groups excluding carboxylic acids is 1. The summed E-state index contributed by atoms with van der Waals surface area (Å²) in [7, 11) is 0. The molecule has 3 rings (SSSR count). The van der Waals surface area contributed by atoms with Gasteiger partial charge in [-0.15, -0.1) is 5.10 Å². The summed E-state index contributed by atoms with van der Waals surface area (Å²) in [6, 6.07) is 0. The highest BCUT2D eigenvalue weighted by atomic mass is 19.2. The standard InChI is InChI=1S/C14H9F5N6O4/c1-2-27-14(26)10-4(25(24-21-10)13-12(20)22-29-23-13)3-28-11-8(18)6(16)5(15)7(17)9(11)19/h2-3H2,1H3,(H2,20,22). The molecule has 0 bridgehead atoms. The van der Waals surface area contributed by atoms with E-state index in [9.17, 15) is 26.7 Å². The lowest BCUT2D eigenvalue weighted by Crippen LogP contribution is -2.15. The first-order valence-corrected chi connectivity index (χ1v) is 7.62. The van der Waals surface area contributed by atoms with Crippen LogP contribution >= 0.6 is 0 Å². The van der Waals surface area contributed by atoms with Crippen LogP contribution in [0.4, 0.5) is 27.8 Å². The van der Waals surface area contributed by atoms with Gasteiger partial charge in [0.05, 0.1) is 6.61 Å². The van der Waals surface area contributed by atoms with Crippen LogP contribution < -0.4 is 10.5 Å². The Morgan fingerprint density at radius 3 is 2.24 bits per heavy atom. The molecule has 29 heavy (non-hydrogen) atoms. The number of hydrogen-bond donors (Lipinski definition) is 1. The van der Waals surface area contributed by atoms with Crippen LogP contribution in [0.3, 0.4) is 0 Å². The average molecular weight is 420 g/mol. The van der Waals surface area contributed by atoms with E-state index in [1.807, 2.05) is 0 Å². The van der Waals surface area contributed by atoms with E-state index in [0.717, 1.165) is 4.68 Å². The van der Waals surface area contributed by atoms with Gasteiger partial charge in [-0.2, -0.15) is 13.5 Å². The third-order valence-corrected chi connectivity index (χ3v) is 3.45. The van der Waals surface area contributed by atoms with E-state index >= 15 is 0 Å². The van der Waals surface area contributed by atoms with Gasteiger partial charge in [0, 0.05) is 0 Å². The van der Waals surface area contributed by atoms with E-state index in [2.05, 4.69) is 25.3 Å². The molecule has 0 amide bonds. The van der Waals surface area contributed by atoms with E-state index in [1.54, 1.807) is 0 Å². The first-order valence-electron chi connectivity index (χ1n) is 7.62. The van der Waals surface area contributed by atoms with Crippen molar-refractivity contribution in [1.29, 1.82) is 0 Å². The molecule has 154 valence electrons. The molecule has 0 aliphatic heterocycles. The molecule has 0 aliphatic carbocycles. The van der Waals surface area contributed by atoms with Gasteiger partial charge in [0.25, 0.3) is 0 Å². The number of halogens is 5. The van der Waals surface area contributed by atoms with Crippen molar-refractivity contribution >= 4 is 11.8 Å².